The van der Waals surface area contributed by atoms with Crippen LogP contribution in [0.15, 0.2) is 76.8 Å². The SMILES string of the molecule is Cc1cc(C)cc(NC(=O)CN(Cc2ccco2)S(=O)(=O)/C=C/c2ccccc2)c1. The van der Waals surface area contributed by atoms with E-state index in [1.807, 2.05) is 50.2 Å². The van der Waals surface area contributed by atoms with Gasteiger partial charge in [0.1, 0.15) is 5.76 Å². The molecule has 3 aromatic rings. The molecule has 0 saturated carbocycles. The Kier molecular flexibility index (Phi) is 6.87. The van der Waals surface area contributed by atoms with Crippen molar-refractivity contribution in [2.24, 2.45) is 0 Å². The van der Waals surface area contributed by atoms with E-state index in [1.165, 1.54) is 12.3 Å². The van der Waals surface area contributed by atoms with E-state index < -0.39 is 15.9 Å². The number of nitrogens with zero attached hydrogens (tertiary/aromatic N) is 1. The molecule has 1 amide bonds. The van der Waals surface area contributed by atoms with Crippen LogP contribution in [0.3, 0.4) is 0 Å². The number of rotatable bonds is 8. The van der Waals surface area contributed by atoms with Crippen LogP contribution in [0, 0.1) is 13.8 Å². The van der Waals surface area contributed by atoms with Crippen LogP contribution in [0.4, 0.5) is 5.69 Å². The van der Waals surface area contributed by atoms with Gasteiger partial charge in [-0.3, -0.25) is 4.79 Å². The molecular formula is C23H24N2O4S. The number of carbonyl (C=O) groups excluding carboxylic acids is 1. The molecule has 0 radical (unpaired) electrons. The Balaban J connectivity index is 1.79. The molecule has 7 heteroatoms. The zero-order chi connectivity index (χ0) is 21.6. The summed E-state index contributed by atoms with van der Waals surface area (Å²) in [5.74, 6) is 0.0223. The minimum Gasteiger partial charge on any atom is -0.468 e. The van der Waals surface area contributed by atoms with Crippen molar-refractivity contribution in [3.8, 4) is 0 Å². The minimum atomic E-state index is -3.87. The van der Waals surface area contributed by atoms with Crippen LogP contribution in [0.25, 0.3) is 6.08 Å². The number of aryl methyl sites for hydroxylation is 2. The number of benzene rings is 2. The summed E-state index contributed by atoms with van der Waals surface area (Å²) in [5.41, 5.74) is 3.40. The van der Waals surface area contributed by atoms with E-state index in [1.54, 1.807) is 24.3 Å². The fourth-order valence-corrected chi connectivity index (χ4v) is 4.14. The number of carbonyl (C=O) groups is 1. The van der Waals surface area contributed by atoms with Crippen LogP contribution in [0.5, 0.6) is 0 Å². The van der Waals surface area contributed by atoms with Crippen molar-refractivity contribution in [2.45, 2.75) is 20.4 Å². The Morgan fingerprint density at radius 3 is 2.37 bits per heavy atom. The first-order valence-corrected chi connectivity index (χ1v) is 11.0. The highest BCUT2D eigenvalue weighted by Crippen LogP contribution is 2.16. The van der Waals surface area contributed by atoms with Crippen LogP contribution in [0.1, 0.15) is 22.5 Å². The van der Waals surface area contributed by atoms with Gasteiger partial charge in [-0.05, 0) is 60.9 Å². The van der Waals surface area contributed by atoms with E-state index in [9.17, 15) is 13.2 Å². The predicted octanol–water partition coefficient (Wildman–Crippen LogP) is 4.34. The third-order valence-electron chi connectivity index (χ3n) is 4.33. The standard InChI is InChI=1S/C23H24N2O4S/c1-18-13-19(2)15-21(14-18)24-23(26)17-25(16-22-9-6-11-29-22)30(27,28)12-10-20-7-4-3-5-8-20/h3-15H,16-17H2,1-2H3,(H,24,26)/b12-10+. The van der Waals surface area contributed by atoms with Crippen LogP contribution in [-0.2, 0) is 21.4 Å². The molecule has 2 aromatic carbocycles. The van der Waals surface area contributed by atoms with Crippen molar-refractivity contribution >= 4 is 27.7 Å². The first kappa shape index (κ1) is 21.5. The highest BCUT2D eigenvalue weighted by Gasteiger charge is 2.24. The molecule has 30 heavy (non-hydrogen) atoms. The van der Waals surface area contributed by atoms with Crippen molar-refractivity contribution in [1.29, 1.82) is 0 Å². The number of hydrogen-bond donors (Lipinski definition) is 1. The zero-order valence-electron chi connectivity index (χ0n) is 16.9. The predicted molar refractivity (Wildman–Crippen MR) is 118 cm³/mol. The molecule has 0 unspecified atom stereocenters. The number of nitrogens with one attached hydrogen (secondary N) is 1. The summed E-state index contributed by atoms with van der Waals surface area (Å²) in [7, 11) is -3.87. The Morgan fingerprint density at radius 2 is 1.73 bits per heavy atom. The number of furan rings is 1. The number of sulfonamides is 1. The molecule has 6 nitrogen and oxygen atoms in total. The molecule has 0 aliphatic carbocycles. The summed E-state index contributed by atoms with van der Waals surface area (Å²) >= 11 is 0. The van der Waals surface area contributed by atoms with Gasteiger partial charge in [0.15, 0.2) is 0 Å². The monoisotopic (exact) mass is 424 g/mol. The molecule has 1 aromatic heterocycles. The molecule has 0 aliphatic rings. The molecule has 0 fully saturated rings. The lowest BCUT2D eigenvalue weighted by atomic mass is 10.1. The molecular weight excluding hydrogens is 400 g/mol. The van der Waals surface area contributed by atoms with Crippen LogP contribution in [-0.4, -0.2) is 25.2 Å². The molecule has 0 atom stereocenters. The summed E-state index contributed by atoms with van der Waals surface area (Å²) in [6, 6.07) is 18.1. The lowest BCUT2D eigenvalue weighted by Crippen LogP contribution is -2.36. The number of hydrogen-bond acceptors (Lipinski definition) is 4. The molecule has 0 spiro atoms. The van der Waals surface area contributed by atoms with Gasteiger partial charge < -0.3 is 9.73 Å². The largest absolute Gasteiger partial charge is 0.468 e. The maximum atomic E-state index is 12.9. The lowest BCUT2D eigenvalue weighted by Gasteiger charge is -2.19. The summed E-state index contributed by atoms with van der Waals surface area (Å²) in [4.78, 5) is 12.6. The number of anilines is 1. The molecule has 0 saturated heterocycles. The topological polar surface area (TPSA) is 79.6 Å². The van der Waals surface area contributed by atoms with Crippen molar-refractivity contribution in [3.05, 3.63) is 94.8 Å². The maximum absolute atomic E-state index is 12.9. The van der Waals surface area contributed by atoms with Crippen molar-refractivity contribution < 1.29 is 17.6 Å². The molecule has 3 rings (SSSR count). The van der Waals surface area contributed by atoms with E-state index in [0.29, 0.717) is 11.4 Å². The summed E-state index contributed by atoms with van der Waals surface area (Å²) < 4.78 is 32.3. The molecule has 0 aliphatic heterocycles. The molecule has 0 bridgehead atoms. The van der Waals surface area contributed by atoms with Crippen molar-refractivity contribution in [3.63, 3.8) is 0 Å². The highest BCUT2D eigenvalue weighted by atomic mass is 32.2. The fraction of sp³-hybridized carbons (Fsp3) is 0.174. The smallest absolute Gasteiger partial charge is 0.239 e. The van der Waals surface area contributed by atoms with Gasteiger partial charge in [0.2, 0.25) is 15.9 Å². The van der Waals surface area contributed by atoms with E-state index in [4.69, 9.17) is 4.42 Å². The average Bonchev–Trinajstić information content (AvgIpc) is 3.19. The van der Waals surface area contributed by atoms with Gasteiger partial charge in [-0.1, -0.05) is 36.4 Å². The lowest BCUT2D eigenvalue weighted by molar-refractivity contribution is -0.116. The second-order valence-electron chi connectivity index (χ2n) is 7.03. The fourth-order valence-electron chi connectivity index (χ4n) is 3.03. The second kappa shape index (κ2) is 9.56. The van der Waals surface area contributed by atoms with Gasteiger partial charge in [0.25, 0.3) is 0 Å². The Morgan fingerprint density at radius 1 is 1.03 bits per heavy atom. The Labute approximate surface area is 176 Å². The molecule has 1 heterocycles. The van der Waals surface area contributed by atoms with Gasteiger partial charge in [0.05, 0.1) is 19.4 Å². The van der Waals surface area contributed by atoms with Gasteiger partial charge in [-0.2, -0.15) is 4.31 Å². The Bertz CT molecular complexity index is 1100. The third-order valence-corrected chi connectivity index (χ3v) is 5.79. The minimum absolute atomic E-state index is 0.0469. The summed E-state index contributed by atoms with van der Waals surface area (Å²) in [6.45, 7) is 3.49. The third kappa shape index (κ3) is 6.17. The first-order valence-electron chi connectivity index (χ1n) is 9.46. The van der Waals surface area contributed by atoms with Gasteiger partial charge >= 0.3 is 0 Å². The summed E-state index contributed by atoms with van der Waals surface area (Å²) in [5, 5.41) is 3.89. The maximum Gasteiger partial charge on any atom is 0.239 e. The summed E-state index contributed by atoms with van der Waals surface area (Å²) in [6.07, 6.45) is 2.97. The second-order valence-corrected chi connectivity index (χ2v) is 8.85. The van der Waals surface area contributed by atoms with Crippen molar-refractivity contribution in [1.82, 2.24) is 4.31 Å². The average molecular weight is 425 g/mol. The van der Waals surface area contributed by atoms with Crippen LogP contribution < -0.4 is 5.32 Å². The van der Waals surface area contributed by atoms with E-state index in [0.717, 1.165) is 26.4 Å². The Hall–Kier alpha value is -3.16. The quantitative estimate of drug-likeness (QED) is 0.583. The molecule has 1 N–H and O–H groups in total. The van der Waals surface area contributed by atoms with Gasteiger partial charge in [-0.15, -0.1) is 0 Å². The van der Waals surface area contributed by atoms with Crippen LogP contribution in [0.2, 0.25) is 0 Å². The zero-order valence-corrected chi connectivity index (χ0v) is 17.7. The van der Waals surface area contributed by atoms with Gasteiger partial charge in [-0.25, -0.2) is 8.42 Å². The number of amides is 1. The van der Waals surface area contributed by atoms with Crippen molar-refractivity contribution in [2.75, 3.05) is 11.9 Å². The normalized spacial score (nSPS) is 11.8. The van der Waals surface area contributed by atoms with E-state index in [2.05, 4.69) is 5.32 Å². The van der Waals surface area contributed by atoms with Crippen LogP contribution >= 0.6 is 0 Å². The molecule has 156 valence electrons. The first-order chi connectivity index (χ1) is 14.3. The van der Waals surface area contributed by atoms with E-state index in [-0.39, 0.29) is 13.1 Å². The highest BCUT2D eigenvalue weighted by molar-refractivity contribution is 7.92. The van der Waals surface area contributed by atoms with E-state index >= 15 is 0 Å². The van der Waals surface area contributed by atoms with Gasteiger partial charge in [0, 0.05) is 11.1 Å².